The van der Waals surface area contributed by atoms with E-state index in [1.807, 2.05) is 0 Å². The molecule has 0 unspecified atom stereocenters. The Kier molecular flexibility index (Phi) is 5.47. The van der Waals surface area contributed by atoms with E-state index < -0.39 is 0 Å². The van der Waals surface area contributed by atoms with Gasteiger partial charge in [-0.3, -0.25) is 5.32 Å². The maximum absolute atomic E-state index is 3.82. The molecule has 0 aliphatic carbocycles. The van der Waals surface area contributed by atoms with Gasteiger partial charge in [0.2, 0.25) is 0 Å². The molecule has 0 fully saturated rings. The molecule has 3 aromatic carbocycles. The van der Waals surface area contributed by atoms with E-state index in [0.717, 1.165) is 11.0 Å². The maximum atomic E-state index is 3.82. The van der Waals surface area contributed by atoms with E-state index in [4.69, 9.17) is 0 Å². The molecule has 116 valence electrons. The van der Waals surface area contributed by atoms with Crippen LogP contribution in [0.3, 0.4) is 0 Å². The zero-order chi connectivity index (χ0) is 16.0. The number of alkyl halides is 1. The fourth-order valence-corrected chi connectivity index (χ4v) is 3.38. The van der Waals surface area contributed by atoms with Crippen LogP contribution in [0.5, 0.6) is 0 Å². The molecule has 0 saturated heterocycles. The first-order valence-corrected chi connectivity index (χ1v) is 9.38. The van der Waals surface area contributed by atoms with Crippen molar-refractivity contribution in [3.8, 4) is 0 Å². The Labute approximate surface area is 151 Å². The van der Waals surface area contributed by atoms with E-state index in [1.165, 1.54) is 16.7 Å². The van der Waals surface area contributed by atoms with Crippen LogP contribution in [-0.4, -0.2) is 11.0 Å². The Morgan fingerprint density at radius 2 is 0.957 bits per heavy atom. The minimum absolute atomic E-state index is 0.324. The Balaban J connectivity index is 2.25. The molecular weight excluding hydrogens is 393 g/mol. The molecule has 0 radical (unpaired) electrons. The third kappa shape index (κ3) is 3.33. The molecule has 0 aromatic heterocycles. The Hall–Kier alpha value is -1.65. The maximum Gasteiger partial charge on any atom is 0.0948 e. The zero-order valence-electron chi connectivity index (χ0n) is 13.0. The minimum atomic E-state index is -0.324. The molecule has 0 spiro atoms. The van der Waals surface area contributed by atoms with Gasteiger partial charge in [0.1, 0.15) is 0 Å². The van der Waals surface area contributed by atoms with Gasteiger partial charge in [-0.15, -0.1) is 0 Å². The first-order valence-electron chi connectivity index (χ1n) is 7.85. The summed E-state index contributed by atoms with van der Waals surface area (Å²) in [5.41, 5.74) is 3.47. The van der Waals surface area contributed by atoms with Gasteiger partial charge in [0.05, 0.1) is 5.54 Å². The van der Waals surface area contributed by atoms with Gasteiger partial charge >= 0.3 is 0 Å². The van der Waals surface area contributed by atoms with Crippen LogP contribution in [0.15, 0.2) is 91.0 Å². The molecule has 0 saturated carbocycles. The summed E-state index contributed by atoms with van der Waals surface area (Å²) in [6.45, 7) is 0.944. The Bertz CT molecular complexity index is 614. The average Bonchev–Trinajstić information content (AvgIpc) is 2.65. The SMILES string of the molecule is ICCNC(c1ccccc1)(c1ccccc1)c1ccccc1. The van der Waals surface area contributed by atoms with Crippen molar-refractivity contribution in [2.24, 2.45) is 0 Å². The smallest absolute Gasteiger partial charge is 0.0948 e. The number of halogens is 1. The first kappa shape index (κ1) is 16.2. The topological polar surface area (TPSA) is 12.0 Å². The summed E-state index contributed by atoms with van der Waals surface area (Å²) < 4.78 is 1.06. The van der Waals surface area contributed by atoms with Gasteiger partial charge in [-0.1, -0.05) is 114 Å². The molecule has 3 rings (SSSR count). The van der Waals surface area contributed by atoms with Crippen molar-refractivity contribution >= 4 is 22.6 Å². The standard InChI is InChI=1S/C21H20IN/c22-16-17-23-21(18-10-4-1-5-11-18,19-12-6-2-7-13-19)20-14-8-3-9-15-20/h1-15,23H,16-17H2. The molecule has 0 aliphatic heterocycles. The van der Waals surface area contributed by atoms with Crippen LogP contribution in [-0.2, 0) is 5.54 Å². The van der Waals surface area contributed by atoms with E-state index in [0.29, 0.717) is 0 Å². The first-order chi connectivity index (χ1) is 11.4. The molecule has 0 bridgehead atoms. The lowest BCUT2D eigenvalue weighted by atomic mass is 9.77. The van der Waals surface area contributed by atoms with Crippen molar-refractivity contribution in [1.82, 2.24) is 5.32 Å². The summed E-state index contributed by atoms with van der Waals surface area (Å²) >= 11 is 2.42. The molecule has 3 aromatic rings. The molecule has 0 aliphatic rings. The average molecular weight is 413 g/mol. The summed E-state index contributed by atoms with van der Waals surface area (Å²) in [4.78, 5) is 0. The number of benzene rings is 3. The predicted octanol–water partition coefficient (Wildman–Crippen LogP) is 5.00. The highest BCUT2D eigenvalue weighted by Crippen LogP contribution is 2.36. The van der Waals surface area contributed by atoms with Gasteiger partial charge in [0.25, 0.3) is 0 Å². The molecule has 0 atom stereocenters. The zero-order valence-corrected chi connectivity index (χ0v) is 15.1. The second-order valence-electron chi connectivity index (χ2n) is 5.46. The van der Waals surface area contributed by atoms with Gasteiger partial charge in [0, 0.05) is 11.0 Å². The highest BCUT2D eigenvalue weighted by Gasteiger charge is 2.35. The van der Waals surface area contributed by atoms with Gasteiger partial charge in [-0.05, 0) is 16.7 Å². The van der Waals surface area contributed by atoms with Crippen molar-refractivity contribution < 1.29 is 0 Å². The molecule has 0 heterocycles. The van der Waals surface area contributed by atoms with Crippen LogP contribution < -0.4 is 5.32 Å². The van der Waals surface area contributed by atoms with E-state index in [2.05, 4.69) is 119 Å². The summed E-state index contributed by atoms with van der Waals surface area (Å²) in [6, 6.07) is 32.1. The van der Waals surface area contributed by atoms with Gasteiger partial charge in [-0.25, -0.2) is 0 Å². The molecule has 0 amide bonds. The summed E-state index contributed by atoms with van der Waals surface area (Å²) in [7, 11) is 0. The van der Waals surface area contributed by atoms with Gasteiger partial charge in [0.15, 0.2) is 0 Å². The van der Waals surface area contributed by atoms with Crippen LogP contribution in [0.2, 0.25) is 0 Å². The number of nitrogens with one attached hydrogen (secondary N) is 1. The van der Waals surface area contributed by atoms with Crippen LogP contribution in [0.4, 0.5) is 0 Å². The third-order valence-electron chi connectivity index (χ3n) is 4.11. The van der Waals surface area contributed by atoms with Crippen molar-refractivity contribution in [2.45, 2.75) is 5.54 Å². The predicted molar refractivity (Wildman–Crippen MR) is 106 cm³/mol. The van der Waals surface area contributed by atoms with E-state index in [1.54, 1.807) is 0 Å². The van der Waals surface area contributed by atoms with Crippen molar-refractivity contribution in [1.29, 1.82) is 0 Å². The van der Waals surface area contributed by atoms with Crippen molar-refractivity contribution in [3.63, 3.8) is 0 Å². The Morgan fingerprint density at radius 1 is 0.609 bits per heavy atom. The number of hydrogen-bond donors (Lipinski definition) is 1. The molecule has 23 heavy (non-hydrogen) atoms. The quantitative estimate of drug-likeness (QED) is 0.341. The van der Waals surface area contributed by atoms with Crippen molar-refractivity contribution in [2.75, 3.05) is 11.0 Å². The lowest BCUT2D eigenvalue weighted by Gasteiger charge is -2.37. The van der Waals surface area contributed by atoms with E-state index in [9.17, 15) is 0 Å². The molecule has 1 nitrogen and oxygen atoms in total. The third-order valence-corrected chi connectivity index (χ3v) is 4.64. The highest BCUT2D eigenvalue weighted by atomic mass is 127. The Morgan fingerprint density at radius 3 is 1.26 bits per heavy atom. The van der Waals surface area contributed by atoms with E-state index >= 15 is 0 Å². The normalized spacial score (nSPS) is 11.3. The lowest BCUT2D eigenvalue weighted by molar-refractivity contribution is 0.492. The number of hydrogen-bond acceptors (Lipinski definition) is 1. The molecular formula is C21H20IN. The second kappa shape index (κ2) is 7.75. The molecule has 2 heteroatoms. The largest absolute Gasteiger partial charge is 0.299 e. The lowest BCUT2D eigenvalue weighted by Crippen LogP contribution is -2.45. The van der Waals surface area contributed by atoms with Crippen LogP contribution >= 0.6 is 22.6 Å². The van der Waals surface area contributed by atoms with Crippen LogP contribution in [0, 0.1) is 0 Å². The number of rotatable bonds is 6. The summed E-state index contributed by atoms with van der Waals surface area (Å²) in [5.74, 6) is 0. The molecule has 1 N–H and O–H groups in total. The fraction of sp³-hybridized carbons (Fsp3) is 0.143. The van der Waals surface area contributed by atoms with Gasteiger partial charge < -0.3 is 0 Å². The van der Waals surface area contributed by atoms with Gasteiger partial charge in [-0.2, -0.15) is 0 Å². The second-order valence-corrected chi connectivity index (χ2v) is 6.54. The fourth-order valence-electron chi connectivity index (χ4n) is 3.11. The highest BCUT2D eigenvalue weighted by molar-refractivity contribution is 14.1. The van der Waals surface area contributed by atoms with Crippen LogP contribution in [0.25, 0.3) is 0 Å². The summed E-state index contributed by atoms with van der Waals surface area (Å²) in [5, 5.41) is 3.82. The minimum Gasteiger partial charge on any atom is -0.299 e. The van der Waals surface area contributed by atoms with Crippen molar-refractivity contribution in [3.05, 3.63) is 108 Å². The monoisotopic (exact) mass is 413 g/mol. The van der Waals surface area contributed by atoms with Crippen LogP contribution in [0.1, 0.15) is 16.7 Å². The summed E-state index contributed by atoms with van der Waals surface area (Å²) in [6.07, 6.45) is 0. The van der Waals surface area contributed by atoms with E-state index in [-0.39, 0.29) is 5.54 Å².